The van der Waals surface area contributed by atoms with Crippen molar-refractivity contribution in [2.45, 2.75) is 0 Å². The highest BCUT2D eigenvalue weighted by atomic mass is 32.2. The second kappa shape index (κ2) is 3.87. The minimum atomic E-state index is 1.30. The van der Waals surface area contributed by atoms with E-state index in [-0.39, 0.29) is 0 Å². The number of rotatable bonds is 1. The molecule has 2 heteroatoms. The molecule has 0 amide bonds. The van der Waals surface area contributed by atoms with Crippen molar-refractivity contribution in [1.29, 1.82) is 0 Å². The number of thioether (sulfide) groups is 2. The zero-order valence-electron chi connectivity index (χ0n) is 6.44. The Bertz CT molecular complexity index is 312. The highest BCUT2D eigenvalue weighted by Crippen LogP contribution is 2.35. The van der Waals surface area contributed by atoms with Gasteiger partial charge >= 0.3 is 0 Å². The molecule has 0 atom stereocenters. The number of benzene rings is 1. The third-order valence-electron chi connectivity index (χ3n) is 1.56. The van der Waals surface area contributed by atoms with Crippen LogP contribution in [0.2, 0.25) is 0 Å². The Labute approximate surface area is 80.8 Å². The summed E-state index contributed by atoms with van der Waals surface area (Å²) in [6, 6.07) is 10.5. The predicted molar refractivity (Wildman–Crippen MR) is 58.7 cm³/mol. The van der Waals surface area contributed by atoms with Crippen molar-refractivity contribution in [3.63, 3.8) is 0 Å². The quantitative estimate of drug-likeness (QED) is 0.661. The Hall–Kier alpha value is -0.600. The Morgan fingerprint density at radius 2 is 1.75 bits per heavy atom. The lowest BCUT2D eigenvalue weighted by Crippen LogP contribution is -1.77. The summed E-state index contributed by atoms with van der Waals surface area (Å²) < 4.78 is 0. The summed E-state index contributed by atoms with van der Waals surface area (Å²) in [5.41, 5.74) is 1.30. The fourth-order valence-electron chi connectivity index (χ4n) is 1.00. The number of hydrogen-bond acceptors (Lipinski definition) is 2. The van der Waals surface area contributed by atoms with Gasteiger partial charge in [-0.05, 0) is 21.8 Å². The van der Waals surface area contributed by atoms with Crippen LogP contribution in [0.3, 0.4) is 0 Å². The van der Waals surface area contributed by atoms with Crippen molar-refractivity contribution < 1.29 is 0 Å². The van der Waals surface area contributed by atoms with Crippen LogP contribution in [-0.2, 0) is 0 Å². The molecule has 2 rings (SSSR count). The zero-order valence-corrected chi connectivity index (χ0v) is 8.07. The molecule has 0 saturated heterocycles. The molecule has 0 spiro atoms. The first-order valence-electron chi connectivity index (χ1n) is 3.69. The van der Waals surface area contributed by atoms with E-state index < -0.39 is 0 Å². The van der Waals surface area contributed by atoms with Gasteiger partial charge < -0.3 is 0 Å². The molecule has 60 valence electrons. The van der Waals surface area contributed by atoms with E-state index in [1.165, 1.54) is 10.5 Å². The molecule has 12 heavy (non-hydrogen) atoms. The molecule has 0 unspecified atom stereocenters. The first-order valence-corrected chi connectivity index (χ1v) is 5.52. The van der Waals surface area contributed by atoms with E-state index >= 15 is 0 Å². The smallest absolute Gasteiger partial charge is 0.0255 e. The maximum atomic E-state index is 2.18. The van der Waals surface area contributed by atoms with Crippen molar-refractivity contribution in [3.05, 3.63) is 52.1 Å². The van der Waals surface area contributed by atoms with E-state index in [2.05, 4.69) is 40.5 Å². The van der Waals surface area contributed by atoms with Gasteiger partial charge in [-0.25, -0.2) is 0 Å². The summed E-state index contributed by atoms with van der Waals surface area (Å²) in [7, 11) is 0. The van der Waals surface area contributed by atoms with Crippen molar-refractivity contribution >= 4 is 28.4 Å². The van der Waals surface area contributed by atoms with Crippen LogP contribution in [0.15, 0.2) is 46.6 Å². The van der Waals surface area contributed by atoms with E-state index in [1.54, 1.807) is 23.5 Å². The van der Waals surface area contributed by atoms with Gasteiger partial charge in [0.25, 0.3) is 0 Å². The van der Waals surface area contributed by atoms with Crippen molar-refractivity contribution in [2.24, 2.45) is 0 Å². The SMILES string of the molecule is C1=CSC(c2ccccc2)=CS1. The summed E-state index contributed by atoms with van der Waals surface area (Å²) in [6.45, 7) is 0. The largest absolute Gasteiger partial charge is 0.104 e. The Balaban J connectivity index is 2.26. The Kier molecular flexibility index (Phi) is 2.59. The molecule has 0 radical (unpaired) electrons. The Morgan fingerprint density at radius 1 is 0.917 bits per heavy atom. The van der Waals surface area contributed by atoms with E-state index in [0.717, 1.165) is 0 Å². The second-order valence-corrected chi connectivity index (χ2v) is 4.10. The molecule has 1 heterocycles. The third kappa shape index (κ3) is 1.76. The van der Waals surface area contributed by atoms with Gasteiger partial charge in [0.2, 0.25) is 0 Å². The first kappa shape index (κ1) is 8.02. The fourth-order valence-corrected chi connectivity index (χ4v) is 2.63. The van der Waals surface area contributed by atoms with Crippen LogP contribution in [0.5, 0.6) is 0 Å². The lowest BCUT2D eigenvalue weighted by Gasteiger charge is -2.06. The summed E-state index contributed by atoms with van der Waals surface area (Å²) in [5, 5.41) is 6.39. The maximum absolute atomic E-state index is 2.18. The van der Waals surface area contributed by atoms with Crippen molar-refractivity contribution in [3.8, 4) is 0 Å². The van der Waals surface area contributed by atoms with Crippen LogP contribution in [-0.4, -0.2) is 0 Å². The molecule has 0 saturated carbocycles. The van der Waals surface area contributed by atoms with Crippen LogP contribution < -0.4 is 0 Å². The van der Waals surface area contributed by atoms with Gasteiger partial charge in [-0.3, -0.25) is 0 Å². The average Bonchev–Trinajstić information content (AvgIpc) is 2.21. The minimum Gasteiger partial charge on any atom is -0.104 e. The predicted octanol–water partition coefficient (Wildman–Crippen LogP) is 3.94. The molecule has 0 fully saturated rings. The summed E-state index contributed by atoms with van der Waals surface area (Å²) in [6.07, 6.45) is 0. The zero-order chi connectivity index (χ0) is 8.23. The molecule has 0 aromatic heterocycles. The van der Waals surface area contributed by atoms with Gasteiger partial charge in [-0.2, -0.15) is 0 Å². The first-order chi connectivity index (χ1) is 5.97. The van der Waals surface area contributed by atoms with Gasteiger partial charge in [0.1, 0.15) is 0 Å². The topological polar surface area (TPSA) is 0 Å². The molecule has 1 aromatic rings. The van der Waals surface area contributed by atoms with Crippen LogP contribution in [0, 0.1) is 0 Å². The summed E-state index contributed by atoms with van der Waals surface area (Å²) >= 11 is 3.51. The van der Waals surface area contributed by atoms with E-state index in [0.29, 0.717) is 0 Å². The minimum absolute atomic E-state index is 1.30. The van der Waals surface area contributed by atoms with Gasteiger partial charge in [0.05, 0.1) is 0 Å². The highest BCUT2D eigenvalue weighted by molar-refractivity contribution is 8.15. The third-order valence-corrected chi connectivity index (χ3v) is 3.43. The summed E-state index contributed by atoms with van der Waals surface area (Å²) in [5.74, 6) is 0. The van der Waals surface area contributed by atoms with Crippen LogP contribution in [0.25, 0.3) is 4.91 Å². The number of hydrogen-bond donors (Lipinski definition) is 0. The highest BCUT2D eigenvalue weighted by Gasteiger charge is 2.01. The monoisotopic (exact) mass is 192 g/mol. The molecule has 1 aliphatic heterocycles. The van der Waals surface area contributed by atoms with Gasteiger partial charge in [-0.1, -0.05) is 42.1 Å². The maximum Gasteiger partial charge on any atom is 0.0255 e. The molecule has 1 aromatic carbocycles. The fraction of sp³-hybridized carbons (Fsp3) is 0. The average molecular weight is 192 g/mol. The molecule has 0 nitrogen and oxygen atoms in total. The molecule has 0 N–H and O–H groups in total. The van der Waals surface area contributed by atoms with E-state index in [1.807, 2.05) is 6.07 Å². The van der Waals surface area contributed by atoms with E-state index in [9.17, 15) is 0 Å². The van der Waals surface area contributed by atoms with Crippen LogP contribution in [0.4, 0.5) is 0 Å². The van der Waals surface area contributed by atoms with Gasteiger partial charge in [0.15, 0.2) is 0 Å². The molecule has 1 aliphatic rings. The Morgan fingerprint density at radius 3 is 2.42 bits per heavy atom. The lowest BCUT2D eigenvalue weighted by atomic mass is 10.2. The second-order valence-electron chi connectivity index (χ2n) is 2.37. The summed E-state index contributed by atoms with van der Waals surface area (Å²) in [4.78, 5) is 1.34. The lowest BCUT2D eigenvalue weighted by molar-refractivity contribution is 1.66. The van der Waals surface area contributed by atoms with Crippen molar-refractivity contribution in [2.75, 3.05) is 0 Å². The molecule has 0 bridgehead atoms. The van der Waals surface area contributed by atoms with Crippen molar-refractivity contribution in [1.82, 2.24) is 0 Å². The van der Waals surface area contributed by atoms with E-state index in [4.69, 9.17) is 0 Å². The normalized spacial score (nSPS) is 15.8. The van der Waals surface area contributed by atoms with Crippen LogP contribution >= 0.6 is 23.5 Å². The molecular formula is C10H8S2. The van der Waals surface area contributed by atoms with Crippen LogP contribution in [0.1, 0.15) is 5.56 Å². The van der Waals surface area contributed by atoms with Gasteiger partial charge in [-0.15, -0.1) is 11.8 Å². The molecule has 0 aliphatic carbocycles. The molecular weight excluding hydrogens is 184 g/mol. The van der Waals surface area contributed by atoms with Gasteiger partial charge in [0, 0.05) is 4.91 Å². The standard InChI is InChI=1S/C10H8S2/c1-2-4-9(5-3-1)10-8-11-6-7-12-10/h1-8H.